The fourth-order valence-electron chi connectivity index (χ4n) is 1.97. The van der Waals surface area contributed by atoms with Crippen LogP contribution in [0, 0.1) is 6.92 Å². The van der Waals surface area contributed by atoms with Crippen molar-refractivity contribution in [2.45, 2.75) is 17.1 Å². The fourth-order valence-corrected chi connectivity index (χ4v) is 2.93. The van der Waals surface area contributed by atoms with E-state index in [4.69, 9.17) is 0 Å². The Balaban J connectivity index is 2.01. The summed E-state index contributed by atoms with van der Waals surface area (Å²) in [5, 5.41) is 17.3. The van der Waals surface area contributed by atoms with Gasteiger partial charge in [0.25, 0.3) is 0 Å². The SMILES string of the molecule is Cc1nn(C)c(Sc2nnnn2-c2ccccc2)c1C=O. The molecule has 0 aliphatic heterocycles. The summed E-state index contributed by atoms with van der Waals surface area (Å²) in [6, 6.07) is 9.58. The second kappa shape index (κ2) is 5.49. The number of aldehydes is 1. The molecule has 0 amide bonds. The van der Waals surface area contributed by atoms with Crippen molar-refractivity contribution >= 4 is 18.0 Å². The number of hydrogen-bond acceptors (Lipinski definition) is 6. The number of aromatic nitrogens is 6. The van der Waals surface area contributed by atoms with Gasteiger partial charge in [0.1, 0.15) is 5.03 Å². The van der Waals surface area contributed by atoms with Gasteiger partial charge < -0.3 is 0 Å². The quantitative estimate of drug-likeness (QED) is 0.682. The molecule has 1 aromatic carbocycles. The first-order valence-electron chi connectivity index (χ1n) is 6.21. The van der Waals surface area contributed by atoms with Gasteiger partial charge in [-0.1, -0.05) is 18.2 Å². The van der Waals surface area contributed by atoms with Crippen molar-refractivity contribution in [1.82, 2.24) is 30.0 Å². The summed E-state index contributed by atoms with van der Waals surface area (Å²) in [6.07, 6.45) is 0.807. The molecule has 7 nitrogen and oxygen atoms in total. The topological polar surface area (TPSA) is 78.5 Å². The highest BCUT2D eigenvalue weighted by Crippen LogP contribution is 2.30. The highest BCUT2D eigenvalue weighted by Gasteiger charge is 2.18. The van der Waals surface area contributed by atoms with Gasteiger partial charge >= 0.3 is 0 Å². The van der Waals surface area contributed by atoms with Crippen LogP contribution in [0.2, 0.25) is 0 Å². The van der Waals surface area contributed by atoms with E-state index in [0.29, 0.717) is 16.4 Å². The van der Waals surface area contributed by atoms with E-state index >= 15 is 0 Å². The van der Waals surface area contributed by atoms with E-state index in [1.165, 1.54) is 11.8 Å². The lowest BCUT2D eigenvalue weighted by atomic mass is 10.3. The number of hydrogen-bond donors (Lipinski definition) is 0. The minimum Gasteiger partial charge on any atom is -0.298 e. The van der Waals surface area contributed by atoms with E-state index in [-0.39, 0.29) is 0 Å². The molecule has 0 unspecified atom stereocenters. The molecule has 0 radical (unpaired) electrons. The van der Waals surface area contributed by atoms with Gasteiger partial charge in [0.2, 0.25) is 5.16 Å². The van der Waals surface area contributed by atoms with Crippen molar-refractivity contribution in [2.24, 2.45) is 7.05 Å². The Hall–Kier alpha value is -2.48. The Morgan fingerprint density at radius 2 is 2.00 bits per heavy atom. The first-order chi connectivity index (χ1) is 10.2. The lowest BCUT2D eigenvalue weighted by Crippen LogP contribution is -2.00. The summed E-state index contributed by atoms with van der Waals surface area (Å²) >= 11 is 1.31. The third kappa shape index (κ3) is 2.45. The molecule has 3 aromatic rings. The largest absolute Gasteiger partial charge is 0.298 e. The van der Waals surface area contributed by atoms with Crippen molar-refractivity contribution in [3.8, 4) is 5.69 Å². The van der Waals surface area contributed by atoms with E-state index in [0.717, 1.165) is 17.0 Å². The molecule has 0 aliphatic carbocycles. The Morgan fingerprint density at radius 3 is 2.71 bits per heavy atom. The highest BCUT2D eigenvalue weighted by molar-refractivity contribution is 7.99. The van der Waals surface area contributed by atoms with E-state index < -0.39 is 0 Å². The summed E-state index contributed by atoms with van der Waals surface area (Å²) in [5.41, 5.74) is 2.11. The van der Waals surface area contributed by atoms with Crippen LogP contribution in [0.1, 0.15) is 16.1 Å². The standard InChI is InChI=1S/C13H12N6OS/c1-9-11(8-20)12(18(2)15-9)21-13-14-16-17-19(13)10-6-4-3-5-7-10/h3-8H,1-2H3. The van der Waals surface area contributed by atoms with Crippen LogP contribution in [-0.4, -0.2) is 36.3 Å². The molecule has 106 valence electrons. The molecule has 0 saturated carbocycles. The second-order valence-corrected chi connectivity index (χ2v) is 5.31. The first kappa shape index (κ1) is 13.5. The van der Waals surface area contributed by atoms with Gasteiger partial charge in [0.05, 0.1) is 16.9 Å². The van der Waals surface area contributed by atoms with Crippen molar-refractivity contribution in [3.63, 3.8) is 0 Å². The highest BCUT2D eigenvalue weighted by atomic mass is 32.2. The van der Waals surface area contributed by atoms with E-state index in [2.05, 4.69) is 20.6 Å². The zero-order valence-corrected chi connectivity index (χ0v) is 12.3. The third-order valence-corrected chi connectivity index (χ3v) is 4.08. The average Bonchev–Trinajstić information content (AvgIpc) is 3.05. The van der Waals surface area contributed by atoms with Crippen molar-refractivity contribution in [2.75, 3.05) is 0 Å². The molecule has 0 spiro atoms. The maximum absolute atomic E-state index is 11.2. The minimum atomic E-state index is 0.560. The molecular formula is C13H12N6OS. The number of carbonyl (C=O) groups is 1. The van der Waals surface area contributed by atoms with Crippen LogP contribution in [0.5, 0.6) is 0 Å². The van der Waals surface area contributed by atoms with Crippen LogP contribution in [0.25, 0.3) is 5.69 Å². The summed E-state index contributed by atoms with van der Waals surface area (Å²) in [6.45, 7) is 1.80. The van der Waals surface area contributed by atoms with Crippen LogP contribution in [0.3, 0.4) is 0 Å². The molecule has 21 heavy (non-hydrogen) atoms. The van der Waals surface area contributed by atoms with Crippen LogP contribution >= 0.6 is 11.8 Å². The van der Waals surface area contributed by atoms with Gasteiger partial charge in [0.15, 0.2) is 6.29 Å². The predicted octanol–water partition coefficient (Wildman–Crippen LogP) is 1.67. The number of carbonyl (C=O) groups excluding carboxylic acids is 1. The van der Waals surface area contributed by atoms with Crippen LogP contribution in [0.15, 0.2) is 40.5 Å². The first-order valence-corrected chi connectivity index (χ1v) is 7.03. The maximum atomic E-state index is 11.2. The number of para-hydroxylation sites is 1. The molecule has 3 rings (SSSR count). The number of aryl methyl sites for hydroxylation is 2. The Morgan fingerprint density at radius 1 is 1.24 bits per heavy atom. The Labute approximate surface area is 125 Å². The lowest BCUT2D eigenvalue weighted by molar-refractivity contribution is 0.112. The van der Waals surface area contributed by atoms with Gasteiger partial charge in [-0.2, -0.15) is 9.78 Å². The Bertz CT molecular complexity index is 779. The second-order valence-electron chi connectivity index (χ2n) is 4.36. The number of tetrazole rings is 1. The molecule has 0 fully saturated rings. The number of nitrogens with zero attached hydrogens (tertiary/aromatic N) is 6. The summed E-state index contributed by atoms with van der Waals surface area (Å²) < 4.78 is 3.29. The smallest absolute Gasteiger partial charge is 0.220 e. The molecular weight excluding hydrogens is 288 g/mol. The zero-order chi connectivity index (χ0) is 14.8. The zero-order valence-electron chi connectivity index (χ0n) is 11.5. The molecule has 2 heterocycles. The molecule has 0 aliphatic rings. The lowest BCUT2D eigenvalue weighted by Gasteiger charge is -2.04. The van der Waals surface area contributed by atoms with E-state index in [1.807, 2.05) is 30.3 Å². The molecule has 0 atom stereocenters. The fraction of sp³-hybridized carbons (Fsp3) is 0.154. The molecule has 0 N–H and O–H groups in total. The van der Waals surface area contributed by atoms with Gasteiger partial charge in [-0.05, 0) is 41.2 Å². The third-order valence-electron chi connectivity index (χ3n) is 2.96. The summed E-state index contributed by atoms with van der Waals surface area (Å²) in [5.74, 6) is 0. The number of rotatable bonds is 4. The average molecular weight is 300 g/mol. The monoisotopic (exact) mass is 300 g/mol. The van der Waals surface area contributed by atoms with Crippen molar-refractivity contribution in [3.05, 3.63) is 41.6 Å². The predicted molar refractivity (Wildman–Crippen MR) is 76.6 cm³/mol. The normalized spacial score (nSPS) is 10.8. The van der Waals surface area contributed by atoms with Gasteiger partial charge in [0, 0.05) is 7.05 Å². The number of benzene rings is 1. The van der Waals surface area contributed by atoms with Gasteiger partial charge in [-0.25, -0.2) is 0 Å². The molecule has 2 aromatic heterocycles. The van der Waals surface area contributed by atoms with Crippen LogP contribution in [0.4, 0.5) is 0 Å². The maximum Gasteiger partial charge on any atom is 0.220 e. The summed E-state index contributed by atoms with van der Waals surface area (Å²) in [4.78, 5) is 11.2. The van der Waals surface area contributed by atoms with Crippen molar-refractivity contribution < 1.29 is 4.79 Å². The minimum absolute atomic E-state index is 0.560. The summed E-state index contributed by atoms with van der Waals surface area (Å²) in [7, 11) is 1.79. The van der Waals surface area contributed by atoms with Crippen molar-refractivity contribution in [1.29, 1.82) is 0 Å². The van der Waals surface area contributed by atoms with E-state index in [9.17, 15) is 4.79 Å². The van der Waals surface area contributed by atoms with Crippen LogP contribution < -0.4 is 0 Å². The Kier molecular flexibility index (Phi) is 3.53. The molecule has 8 heteroatoms. The molecule has 0 saturated heterocycles. The van der Waals surface area contributed by atoms with Gasteiger partial charge in [-0.15, -0.1) is 5.10 Å². The van der Waals surface area contributed by atoms with Crippen LogP contribution in [-0.2, 0) is 7.05 Å². The van der Waals surface area contributed by atoms with E-state index in [1.54, 1.807) is 23.3 Å². The van der Waals surface area contributed by atoms with Gasteiger partial charge in [-0.3, -0.25) is 9.48 Å². The molecule has 0 bridgehead atoms.